The molecule has 0 aromatic heterocycles. The number of aliphatic carboxylic acids is 1. The largest absolute Gasteiger partial charge is 0.480 e. The molecule has 10 heavy (non-hydrogen) atoms. The number of carbonyl (C=O) groups excluding carboxylic acids is 1. The topological polar surface area (TPSA) is 106 Å². The van der Waals surface area contributed by atoms with E-state index in [9.17, 15) is 9.59 Å². The third-order valence-electron chi connectivity index (χ3n) is 0.481. The lowest BCUT2D eigenvalue weighted by Gasteiger charge is -2.01. The van der Waals surface area contributed by atoms with Crippen LogP contribution in [0.15, 0.2) is 0 Å². The van der Waals surface area contributed by atoms with Crippen LogP contribution in [-0.4, -0.2) is 23.0 Å². The van der Waals surface area contributed by atoms with Gasteiger partial charge in [0.2, 0.25) is 5.91 Å². The normalized spacial score (nSPS) is 32.5. The van der Waals surface area contributed by atoms with Gasteiger partial charge < -0.3 is 16.5 Å². The highest BCUT2D eigenvalue weighted by atomic mass is 16.4. The van der Waals surface area contributed by atoms with Gasteiger partial charge in [0.25, 0.3) is 1.43 Å². The molecular formula is C5H10N2O3. The molecule has 0 aromatic rings. The maximum Gasteiger partial charge on any atom is 0.320 e. The van der Waals surface area contributed by atoms with Crippen molar-refractivity contribution >= 4 is 11.9 Å². The summed E-state index contributed by atoms with van der Waals surface area (Å²) in [7, 11) is 0. The van der Waals surface area contributed by atoms with E-state index < -0.39 is 42.1 Å². The van der Waals surface area contributed by atoms with E-state index in [0.29, 0.717) is 0 Å². The molecule has 5 N–H and O–H groups in total. The predicted octanol–water partition coefficient (Wildman–Crippen LogP) is -1.34. The third-order valence-corrected chi connectivity index (χ3v) is 0.481. The smallest absolute Gasteiger partial charge is 0.320 e. The van der Waals surface area contributed by atoms with Crippen LogP contribution >= 0.6 is 0 Å². The Bertz CT molecular complexity index is 400. The second-order valence-corrected chi connectivity index (χ2v) is 1.19. The fraction of sp³-hybridized carbons (Fsp3) is 0.600. The van der Waals surface area contributed by atoms with E-state index in [1.165, 1.54) is 0 Å². The SMILES string of the molecule is [2H]OC(=O)[C@@]([2H])([15N]([2H])[2H])C([2H])([2H])C([2H])([2H])C(=O)[15N]([2H])[2H]. The fourth-order valence-electron chi connectivity index (χ4n) is 0.164. The summed E-state index contributed by atoms with van der Waals surface area (Å²) in [5.74, 6) is -4.19. The maximum absolute atomic E-state index is 11.3. The quantitative estimate of drug-likeness (QED) is 0.430. The lowest BCUT2D eigenvalue weighted by Crippen LogP contribution is -2.31. The minimum atomic E-state index is -3.88. The zero-order chi connectivity index (χ0) is 16.5. The molecule has 0 aliphatic rings. The summed E-state index contributed by atoms with van der Waals surface area (Å²) < 4.78 is 70.0. The van der Waals surface area contributed by atoms with Crippen molar-refractivity contribution in [3.05, 3.63) is 0 Å². The number of carboxylic acids is 1. The van der Waals surface area contributed by atoms with Crippen LogP contribution in [0, 0.1) is 0 Å². The van der Waals surface area contributed by atoms with Gasteiger partial charge in [0, 0.05) is 11.9 Å². The zero-order valence-electron chi connectivity index (χ0n) is 14.6. The van der Waals surface area contributed by atoms with Gasteiger partial charge in [-0.3, -0.25) is 9.59 Å². The van der Waals surface area contributed by atoms with Gasteiger partial charge in [-0.15, -0.1) is 0 Å². The van der Waals surface area contributed by atoms with E-state index in [2.05, 4.69) is 5.11 Å². The molecule has 5 heteroatoms. The number of carboxylic acid groups (broad SMARTS) is 1. The Kier molecular flexibility index (Phi) is 0.665. The molecule has 1 amide bonds. The third kappa shape index (κ3) is 3.85. The van der Waals surface area contributed by atoms with Crippen LogP contribution < -0.4 is 11.4 Å². The monoisotopic (exact) mass is 158 g/mol. The Balaban J connectivity index is 6.02. The van der Waals surface area contributed by atoms with E-state index in [1.807, 2.05) is 0 Å². The molecule has 0 unspecified atom stereocenters. The zero-order valence-corrected chi connectivity index (χ0v) is 4.62. The second kappa shape index (κ2) is 3.84. The van der Waals surface area contributed by atoms with Crippen LogP contribution in [0.3, 0.4) is 0 Å². The molecule has 5 nitrogen and oxygen atoms in total. The van der Waals surface area contributed by atoms with E-state index >= 15 is 0 Å². The van der Waals surface area contributed by atoms with Gasteiger partial charge in [-0.25, -0.2) is 0 Å². The Morgan fingerprint density at radius 1 is 2.00 bits per heavy atom. The van der Waals surface area contributed by atoms with Crippen LogP contribution in [0.2, 0.25) is 5.65 Å². The summed E-state index contributed by atoms with van der Waals surface area (Å²) in [6, 6.07) is -3.73. The number of hydrogen-bond donors (Lipinski definition) is 3. The minimum absolute atomic E-state index is 0.803. The van der Waals surface area contributed by atoms with Gasteiger partial charge in [-0.2, -0.15) is 0 Å². The summed E-state index contributed by atoms with van der Waals surface area (Å²) in [6.45, 7) is 0. The number of hydrogen-bond acceptors (Lipinski definition) is 4. The van der Waals surface area contributed by atoms with Crippen molar-refractivity contribution in [2.45, 2.75) is 18.8 Å². The molecule has 0 fully saturated rings. The van der Waals surface area contributed by atoms with E-state index in [1.54, 1.807) is 0 Å². The van der Waals surface area contributed by atoms with Crippen molar-refractivity contribution in [1.82, 2.24) is 0 Å². The Morgan fingerprint density at radius 2 is 2.80 bits per heavy atom. The molecule has 0 bridgehead atoms. The van der Waals surface area contributed by atoms with E-state index in [4.69, 9.17) is 13.9 Å². The fourth-order valence-corrected chi connectivity index (χ4v) is 0.164. The van der Waals surface area contributed by atoms with E-state index in [-0.39, 0.29) is 0 Å². The van der Waals surface area contributed by atoms with Crippen LogP contribution in [0.4, 0.5) is 0 Å². The Hall–Kier alpha value is -1.10. The average molecular weight is 158 g/mol. The van der Waals surface area contributed by atoms with Crippen molar-refractivity contribution in [1.29, 1.82) is 1.43 Å². The standard InChI is InChI=1S/C5H10N2O3/c6-3(5(9)10)1-2-4(7)8/h3H,1-2,6H2,(H2,7,8)(H,9,10)/t3-/m0/s1/i1D2,2D2,3D,6+1,7+1/hD5. The van der Waals surface area contributed by atoms with Crippen LogP contribution in [-0.2, 0) is 9.59 Å². The first kappa shape index (κ1) is 1.73. The Labute approximate surface area is 72.4 Å². The summed E-state index contributed by atoms with van der Waals surface area (Å²) in [4.78, 5) is 22.6. The predicted molar refractivity (Wildman–Crippen MR) is 34.0 cm³/mol. The molecule has 0 heterocycles. The molecule has 0 saturated heterocycles. The number of nitrogens with two attached hydrogens (primary N) is 2. The summed E-state index contributed by atoms with van der Waals surface area (Å²) in [6.07, 6.45) is -7.66. The molecule has 0 aliphatic carbocycles. The second-order valence-electron chi connectivity index (χ2n) is 1.19. The van der Waals surface area contributed by atoms with Crippen LogP contribution in [0.5, 0.6) is 0 Å². The molecular weight excluding hydrogens is 138 g/mol. The number of rotatable bonds is 5. The highest BCUT2D eigenvalue weighted by Gasteiger charge is 2.11. The van der Waals surface area contributed by atoms with Crippen molar-refractivity contribution < 1.29 is 27.2 Å². The lowest BCUT2D eigenvalue weighted by molar-refractivity contribution is -0.138. The first-order valence-corrected chi connectivity index (χ1v) is 2.06. The van der Waals surface area contributed by atoms with Gasteiger partial charge in [0.1, 0.15) is 8.84 Å². The van der Waals surface area contributed by atoms with Gasteiger partial charge >= 0.3 is 5.97 Å². The average Bonchev–Trinajstić information content (AvgIpc) is 2.34. The summed E-state index contributed by atoms with van der Waals surface area (Å²) >= 11 is 0. The number of carbonyl (C=O) groups is 2. The maximum atomic E-state index is 11.3. The molecule has 0 radical (unpaired) electrons. The van der Waals surface area contributed by atoms with Crippen molar-refractivity contribution in [3.63, 3.8) is 0 Å². The van der Waals surface area contributed by atoms with Crippen molar-refractivity contribution in [3.8, 4) is 0 Å². The van der Waals surface area contributed by atoms with Crippen molar-refractivity contribution in [2.75, 3.05) is 0 Å². The molecule has 0 rings (SSSR count). The molecule has 1 atom stereocenters. The lowest BCUT2D eigenvalue weighted by atomic mass is 10.2. The highest BCUT2D eigenvalue weighted by Crippen LogP contribution is 1.92. The molecule has 0 aromatic carbocycles. The van der Waals surface area contributed by atoms with Gasteiger partial charge in [-0.1, -0.05) is 0 Å². The first-order valence-electron chi connectivity index (χ1n) is 6.76. The molecule has 0 saturated carbocycles. The van der Waals surface area contributed by atoms with E-state index in [0.717, 1.165) is 0 Å². The molecule has 58 valence electrons. The Morgan fingerprint density at radius 3 is 3.30 bits per heavy atom. The molecule has 0 spiro atoms. The summed E-state index contributed by atoms with van der Waals surface area (Å²) in [5, 5.41) is 3.31. The van der Waals surface area contributed by atoms with Crippen LogP contribution in [0.1, 0.15) is 19.6 Å². The van der Waals surface area contributed by atoms with Crippen LogP contribution in [0.25, 0.3) is 1.43 Å². The highest BCUT2D eigenvalue weighted by molar-refractivity contribution is 5.76. The van der Waals surface area contributed by atoms with Gasteiger partial charge in [-0.05, 0) is 6.37 Å². The first-order chi connectivity index (χ1) is 8.78. The van der Waals surface area contributed by atoms with Crippen molar-refractivity contribution in [2.24, 2.45) is 11.4 Å². The molecule has 0 aliphatic heterocycles. The number of primary amides is 1. The van der Waals surface area contributed by atoms with Gasteiger partial charge in [0.05, 0.1) is 1.37 Å². The number of amides is 1. The summed E-state index contributed by atoms with van der Waals surface area (Å²) in [5.41, 5.74) is -1.67. The minimum Gasteiger partial charge on any atom is -0.480 e. The van der Waals surface area contributed by atoms with Gasteiger partial charge in [0.15, 0.2) is 2.82 Å².